The van der Waals surface area contributed by atoms with E-state index in [9.17, 15) is 22.0 Å². The minimum absolute atomic E-state index is 0.00954. The summed E-state index contributed by atoms with van der Waals surface area (Å²) in [5.74, 6) is -9.60. The van der Waals surface area contributed by atoms with E-state index in [0.717, 1.165) is 11.3 Å². The quantitative estimate of drug-likeness (QED) is 0.406. The second-order valence-electron chi connectivity index (χ2n) is 3.36. The molecule has 2 aromatic rings. The number of halogens is 5. The first-order valence-electron chi connectivity index (χ1n) is 4.51. The first-order chi connectivity index (χ1) is 7.93. The molecule has 1 aromatic heterocycles. The van der Waals surface area contributed by atoms with Gasteiger partial charge in [-0.1, -0.05) is 0 Å². The fourth-order valence-corrected chi connectivity index (χ4v) is 2.29. The molecule has 0 unspecified atom stereocenters. The average molecular weight is 264 g/mol. The number of benzene rings is 1. The lowest BCUT2D eigenvalue weighted by atomic mass is 10.1. The van der Waals surface area contributed by atoms with Crippen molar-refractivity contribution in [3.05, 3.63) is 46.1 Å². The molecule has 0 amide bonds. The Balaban J connectivity index is 2.78. The van der Waals surface area contributed by atoms with Gasteiger partial charge in [0, 0.05) is 9.75 Å². The third-order valence-electron chi connectivity index (χ3n) is 2.20. The first kappa shape index (κ1) is 12.0. The Kier molecular flexibility index (Phi) is 2.91. The SMILES string of the molecule is Cc1ccc(-c2c(F)c(F)c(F)c(F)c2F)s1. The molecule has 90 valence electrons. The highest BCUT2D eigenvalue weighted by Crippen LogP contribution is 2.35. The van der Waals surface area contributed by atoms with E-state index in [4.69, 9.17) is 0 Å². The zero-order valence-corrected chi connectivity index (χ0v) is 9.27. The molecule has 0 saturated carbocycles. The van der Waals surface area contributed by atoms with Crippen molar-refractivity contribution in [2.45, 2.75) is 6.92 Å². The van der Waals surface area contributed by atoms with E-state index in [2.05, 4.69) is 0 Å². The Labute approximate surface area is 97.3 Å². The number of rotatable bonds is 1. The van der Waals surface area contributed by atoms with E-state index in [0.29, 0.717) is 4.88 Å². The van der Waals surface area contributed by atoms with E-state index in [-0.39, 0.29) is 4.88 Å². The minimum Gasteiger partial charge on any atom is -0.203 e. The van der Waals surface area contributed by atoms with Crippen LogP contribution in [0.2, 0.25) is 0 Å². The molecule has 0 aliphatic rings. The number of hydrogen-bond donors (Lipinski definition) is 0. The summed E-state index contributed by atoms with van der Waals surface area (Å²) >= 11 is 0.957. The molecule has 0 atom stereocenters. The molecule has 6 heteroatoms. The summed E-state index contributed by atoms with van der Waals surface area (Å²) in [5, 5.41) is 0. The standard InChI is InChI=1S/C11H5F5S/c1-4-2-3-5(17-4)6-7(12)9(14)11(16)10(15)8(6)13/h2-3H,1H3. The van der Waals surface area contributed by atoms with Gasteiger partial charge in [-0.2, -0.15) is 0 Å². The Morgan fingerprint density at radius 2 is 1.24 bits per heavy atom. The molecule has 0 saturated heterocycles. The summed E-state index contributed by atoms with van der Waals surface area (Å²) < 4.78 is 65.4. The maximum atomic E-state index is 13.4. The molecule has 1 aromatic carbocycles. The summed E-state index contributed by atoms with van der Waals surface area (Å²) in [7, 11) is 0. The van der Waals surface area contributed by atoms with Gasteiger partial charge in [0.2, 0.25) is 5.82 Å². The number of hydrogen-bond acceptors (Lipinski definition) is 1. The predicted octanol–water partition coefficient (Wildman–Crippen LogP) is 4.42. The third-order valence-corrected chi connectivity index (χ3v) is 3.21. The summed E-state index contributed by atoms with van der Waals surface area (Å²) in [5.41, 5.74) is -0.875. The molecule has 0 aliphatic carbocycles. The van der Waals surface area contributed by atoms with Gasteiger partial charge < -0.3 is 0 Å². The maximum Gasteiger partial charge on any atom is 0.200 e. The second kappa shape index (κ2) is 4.10. The summed E-state index contributed by atoms with van der Waals surface area (Å²) in [6.45, 7) is 1.67. The topological polar surface area (TPSA) is 0 Å². The summed E-state index contributed by atoms with van der Waals surface area (Å²) in [4.78, 5) is 0.722. The van der Waals surface area contributed by atoms with Crippen LogP contribution in [0.5, 0.6) is 0 Å². The Bertz CT molecular complexity index is 559. The molecule has 0 aliphatic heterocycles. The fraction of sp³-hybridized carbons (Fsp3) is 0.0909. The molecule has 0 fully saturated rings. The molecule has 17 heavy (non-hydrogen) atoms. The van der Waals surface area contributed by atoms with Crippen LogP contribution in [-0.2, 0) is 0 Å². The van der Waals surface area contributed by atoms with Gasteiger partial charge in [-0.25, -0.2) is 22.0 Å². The normalized spacial score (nSPS) is 10.9. The van der Waals surface area contributed by atoms with E-state index >= 15 is 0 Å². The van der Waals surface area contributed by atoms with Crippen molar-refractivity contribution in [2.24, 2.45) is 0 Å². The zero-order chi connectivity index (χ0) is 12.7. The Hall–Kier alpha value is -1.43. The Morgan fingerprint density at radius 1 is 0.765 bits per heavy atom. The smallest absolute Gasteiger partial charge is 0.200 e. The van der Waals surface area contributed by atoms with Crippen molar-refractivity contribution in [1.82, 2.24) is 0 Å². The molecule has 2 rings (SSSR count). The van der Waals surface area contributed by atoms with Crippen LogP contribution in [0, 0.1) is 36.0 Å². The minimum atomic E-state index is -2.14. The molecule has 0 radical (unpaired) electrons. The van der Waals surface area contributed by atoms with Crippen LogP contribution in [0.1, 0.15) is 4.88 Å². The molecule has 1 heterocycles. The Morgan fingerprint density at radius 3 is 1.65 bits per heavy atom. The predicted molar refractivity (Wildman–Crippen MR) is 54.3 cm³/mol. The van der Waals surface area contributed by atoms with E-state index in [1.165, 1.54) is 12.1 Å². The van der Waals surface area contributed by atoms with Crippen molar-refractivity contribution in [2.75, 3.05) is 0 Å². The van der Waals surface area contributed by atoms with Crippen molar-refractivity contribution in [3.8, 4) is 10.4 Å². The van der Waals surface area contributed by atoms with Gasteiger partial charge in [-0.05, 0) is 19.1 Å². The lowest BCUT2D eigenvalue weighted by Crippen LogP contribution is -2.03. The van der Waals surface area contributed by atoms with Crippen LogP contribution in [0.25, 0.3) is 10.4 Å². The highest BCUT2D eigenvalue weighted by Gasteiger charge is 2.27. The van der Waals surface area contributed by atoms with Crippen LogP contribution >= 0.6 is 11.3 Å². The fourth-order valence-electron chi connectivity index (χ4n) is 1.39. The summed E-state index contributed by atoms with van der Waals surface area (Å²) in [6.07, 6.45) is 0. The molecule has 0 N–H and O–H groups in total. The molecular weight excluding hydrogens is 259 g/mol. The van der Waals surface area contributed by atoms with Crippen LogP contribution in [0.4, 0.5) is 22.0 Å². The van der Waals surface area contributed by atoms with Gasteiger partial charge in [0.1, 0.15) is 0 Å². The lowest BCUT2D eigenvalue weighted by Gasteiger charge is -2.05. The van der Waals surface area contributed by atoms with Gasteiger partial charge >= 0.3 is 0 Å². The first-order valence-corrected chi connectivity index (χ1v) is 5.33. The number of thiophene rings is 1. The molecule has 0 nitrogen and oxygen atoms in total. The van der Waals surface area contributed by atoms with Crippen LogP contribution in [-0.4, -0.2) is 0 Å². The third kappa shape index (κ3) is 1.82. The van der Waals surface area contributed by atoms with E-state index in [1.54, 1.807) is 6.92 Å². The monoisotopic (exact) mass is 264 g/mol. The van der Waals surface area contributed by atoms with E-state index < -0.39 is 34.6 Å². The zero-order valence-electron chi connectivity index (χ0n) is 8.45. The van der Waals surface area contributed by atoms with E-state index in [1.807, 2.05) is 0 Å². The molecular formula is C11H5F5S. The average Bonchev–Trinajstić information content (AvgIpc) is 2.71. The molecule has 0 bridgehead atoms. The van der Waals surface area contributed by atoms with Gasteiger partial charge in [0.15, 0.2) is 23.3 Å². The highest BCUT2D eigenvalue weighted by molar-refractivity contribution is 7.15. The van der Waals surface area contributed by atoms with Crippen molar-refractivity contribution < 1.29 is 22.0 Å². The van der Waals surface area contributed by atoms with Crippen molar-refractivity contribution in [1.29, 1.82) is 0 Å². The van der Waals surface area contributed by atoms with Gasteiger partial charge in [-0.15, -0.1) is 11.3 Å². The maximum absolute atomic E-state index is 13.4. The van der Waals surface area contributed by atoms with Crippen LogP contribution < -0.4 is 0 Å². The van der Waals surface area contributed by atoms with Crippen LogP contribution in [0.3, 0.4) is 0 Å². The lowest BCUT2D eigenvalue weighted by molar-refractivity contribution is 0.381. The summed E-state index contributed by atoms with van der Waals surface area (Å²) in [6, 6.07) is 2.86. The van der Waals surface area contributed by atoms with Gasteiger partial charge in [0.25, 0.3) is 0 Å². The van der Waals surface area contributed by atoms with Gasteiger partial charge in [0.05, 0.1) is 5.56 Å². The second-order valence-corrected chi connectivity index (χ2v) is 4.64. The van der Waals surface area contributed by atoms with Crippen molar-refractivity contribution >= 4 is 11.3 Å². The number of aryl methyl sites for hydroxylation is 1. The van der Waals surface area contributed by atoms with Crippen LogP contribution in [0.15, 0.2) is 12.1 Å². The van der Waals surface area contributed by atoms with Gasteiger partial charge in [-0.3, -0.25) is 0 Å². The van der Waals surface area contributed by atoms with Crippen molar-refractivity contribution in [3.63, 3.8) is 0 Å². The largest absolute Gasteiger partial charge is 0.203 e. The molecule has 0 spiro atoms. The highest BCUT2D eigenvalue weighted by atomic mass is 32.1.